The van der Waals surface area contributed by atoms with Crippen LogP contribution in [-0.4, -0.2) is 11.5 Å². The minimum absolute atomic E-state index is 0.153. The highest BCUT2D eigenvalue weighted by molar-refractivity contribution is 5.88. The van der Waals surface area contributed by atoms with Crippen molar-refractivity contribution in [1.82, 2.24) is 0 Å². The Morgan fingerprint density at radius 2 is 2.05 bits per heavy atom. The van der Waals surface area contributed by atoms with E-state index >= 15 is 4.39 Å². The molecule has 0 amide bonds. The largest absolute Gasteiger partial charge is 0.296 e. The highest BCUT2D eigenvalue weighted by Gasteiger charge is 2.55. The van der Waals surface area contributed by atoms with Gasteiger partial charge in [-0.2, -0.15) is 0 Å². The molecule has 1 aromatic rings. The summed E-state index contributed by atoms with van der Waals surface area (Å²) in [6, 6.07) is 10.4. The lowest BCUT2D eigenvalue weighted by Crippen LogP contribution is -2.38. The summed E-state index contributed by atoms with van der Waals surface area (Å²) < 4.78 is 15.1. The molecule has 22 heavy (non-hydrogen) atoms. The van der Waals surface area contributed by atoms with Crippen LogP contribution < -0.4 is 0 Å². The molecule has 0 aliphatic heterocycles. The van der Waals surface area contributed by atoms with Crippen LogP contribution in [0.1, 0.15) is 51.0 Å². The molecule has 1 aromatic carbocycles. The highest BCUT2D eigenvalue weighted by Crippen LogP contribution is 2.53. The number of alkyl halides is 1. The van der Waals surface area contributed by atoms with Crippen LogP contribution in [0.2, 0.25) is 0 Å². The average molecular weight is 300 g/mol. The van der Waals surface area contributed by atoms with Gasteiger partial charge in [0.2, 0.25) is 0 Å². The molecule has 2 aliphatic rings. The Kier molecular flexibility index (Phi) is 4.46. The van der Waals surface area contributed by atoms with E-state index in [1.54, 1.807) is 0 Å². The number of hydrogen-bond donors (Lipinski definition) is 0. The first-order valence-corrected chi connectivity index (χ1v) is 8.60. The smallest absolute Gasteiger partial charge is 0.175 e. The molecule has 2 bridgehead atoms. The number of fused-ring (bicyclic) bond motifs is 2. The van der Waals surface area contributed by atoms with Crippen molar-refractivity contribution >= 4 is 5.78 Å². The number of rotatable bonds is 7. The van der Waals surface area contributed by atoms with Crippen molar-refractivity contribution < 1.29 is 9.18 Å². The maximum atomic E-state index is 15.1. The van der Waals surface area contributed by atoms with E-state index in [9.17, 15) is 4.79 Å². The summed E-state index contributed by atoms with van der Waals surface area (Å²) in [5, 5.41) is 0. The van der Waals surface area contributed by atoms with Gasteiger partial charge in [-0.3, -0.25) is 4.79 Å². The molecule has 1 nitrogen and oxygen atoms in total. The minimum Gasteiger partial charge on any atom is -0.296 e. The zero-order valence-electron chi connectivity index (χ0n) is 13.4. The Balaban J connectivity index is 1.61. The van der Waals surface area contributed by atoms with Crippen molar-refractivity contribution in [3.05, 3.63) is 47.5 Å². The molecule has 3 rings (SSSR count). The van der Waals surface area contributed by atoms with Gasteiger partial charge in [0.25, 0.3) is 0 Å². The van der Waals surface area contributed by atoms with Gasteiger partial charge >= 0.3 is 0 Å². The SMILES string of the molecule is CCCCC(=O)[C@@]1(F)C[C@H]2C[C@@H]1C=C2CCc1ccccc1. The quantitative estimate of drug-likeness (QED) is 0.644. The van der Waals surface area contributed by atoms with Crippen LogP contribution in [0.15, 0.2) is 42.0 Å². The van der Waals surface area contributed by atoms with Crippen molar-refractivity contribution in [2.45, 2.75) is 57.5 Å². The molecule has 0 N–H and O–H groups in total. The normalized spacial score (nSPS) is 29.6. The lowest BCUT2D eigenvalue weighted by molar-refractivity contribution is -0.132. The third kappa shape index (κ3) is 2.88. The molecule has 0 saturated heterocycles. The molecule has 1 fully saturated rings. The molecule has 0 spiro atoms. The topological polar surface area (TPSA) is 17.1 Å². The van der Waals surface area contributed by atoms with Crippen molar-refractivity contribution in [2.75, 3.05) is 0 Å². The van der Waals surface area contributed by atoms with Gasteiger partial charge in [0.1, 0.15) is 0 Å². The van der Waals surface area contributed by atoms with Crippen LogP contribution in [0, 0.1) is 11.8 Å². The fourth-order valence-electron chi connectivity index (χ4n) is 4.05. The summed E-state index contributed by atoms with van der Waals surface area (Å²) in [5.41, 5.74) is 1.15. The monoisotopic (exact) mass is 300 g/mol. The van der Waals surface area contributed by atoms with Gasteiger partial charge in [-0.15, -0.1) is 0 Å². The lowest BCUT2D eigenvalue weighted by Gasteiger charge is -2.27. The van der Waals surface area contributed by atoms with Gasteiger partial charge in [-0.1, -0.05) is 55.3 Å². The Morgan fingerprint density at radius 1 is 1.27 bits per heavy atom. The zero-order chi connectivity index (χ0) is 15.6. The Morgan fingerprint density at radius 3 is 2.68 bits per heavy atom. The number of carbonyl (C=O) groups excluding carboxylic acids is 1. The van der Waals surface area contributed by atoms with Crippen LogP contribution in [0.5, 0.6) is 0 Å². The number of halogens is 1. The minimum atomic E-state index is -1.56. The van der Waals surface area contributed by atoms with Crippen molar-refractivity contribution in [1.29, 1.82) is 0 Å². The summed E-state index contributed by atoms with van der Waals surface area (Å²) in [6.45, 7) is 2.04. The van der Waals surface area contributed by atoms with Crippen LogP contribution in [0.25, 0.3) is 0 Å². The van der Waals surface area contributed by atoms with E-state index in [-0.39, 0.29) is 11.7 Å². The van der Waals surface area contributed by atoms with Crippen molar-refractivity contribution in [2.24, 2.45) is 11.8 Å². The van der Waals surface area contributed by atoms with E-state index in [1.807, 2.05) is 13.0 Å². The molecule has 1 saturated carbocycles. The van der Waals surface area contributed by atoms with Gasteiger partial charge in [0.15, 0.2) is 11.5 Å². The van der Waals surface area contributed by atoms with E-state index < -0.39 is 5.67 Å². The van der Waals surface area contributed by atoms with Crippen LogP contribution in [0.4, 0.5) is 4.39 Å². The van der Waals surface area contributed by atoms with E-state index in [0.717, 1.165) is 32.1 Å². The van der Waals surface area contributed by atoms with Gasteiger partial charge in [0.05, 0.1) is 0 Å². The van der Waals surface area contributed by atoms with E-state index in [0.29, 0.717) is 18.8 Å². The van der Waals surface area contributed by atoms with Crippen LogP contribution in [0.3, 0.4) is 0 Å². The Bertz CT molecular complexity index is 562. The zero-order valence-corrected chi connectivity index (χ0v) is 13.4. The van der Waals surface area contributed by atoms with Gasteiger partial charge in [-0.25, -0.2) is 4.39 Å². The summed E-state index contributed by atoms with van der Waals surface area (Å²) in [5.74, 6) is -0.0165. The highest BCUT2D eigenvalue weighted by atomic mass is 19.1. The van der Waals surface area contributed by atoms with Gasteiger partial charge in [-0.05, 0) is 43.6 Å². The van der Waals surface area contributed by atoms with Gasteiger partial charge < -0.3 is 0 Å². The van der Waals surface area contributed by atoms with Crippen LogP contribution >= 0.6 is 0 Å². The second kappa shape index (κ2) is 6.36. The molecule has 0 unspecified atom stereocenters. The molecule has 2 heteroatoms. The predicted octanol–water partition coefficient (Wildman–Crippen LogP) is 5.05. The molecule has 3 atom stereocenters. The molecule has 2 aliphatic carbocycles. The number of ketones is 1. The number of unbranched alkanes of at least 4 members (excludes halogenated alkanes) is 1. The first kappa shape index (κ1) is 15.5. The molecular weight excluding hydrogens is 275 g/mol. The first-order chi connectivity index (χ1) is 10.6. The second-order valence-electron chi connectivity index (χ2n) is 6.86. The molecule has 0 aromatic heterocycles. The number of Topliss-reactive ketones (excluding diaryl/α,β-unsaturated/α-hetero) is 1. The standard InChI is InChI=1S/C20H25FO/c1-2-3-9-19(22)20(21)14-17-13-18(20)12-16(17)11-10-15-7-5-4-6-8-15/h4-8,12,17-18H,2-3,9-11,13-14H2,1H3/t17-,18+,20-/m1/s1. The average Bonchev–Trinajstić information content (AvgIpc) is 3.09. The number of hydrogen-bond acceptors (Lipinski definition) is 1. The number of carbonyl (C=O) groups is 1. The van der Waals surface area contributed by atoms with Crippen LogP contribution in [-0.2, 0) is 11.2 Å². The third-order valence-corrected chi connectivity index (χ3v) is 5.38. The van der Waals surface area contributed by atoms with Crippen molar-refractivity contribution in [3.8, 4) is 0 Å². The van der Waals surface area contributed by atoms with Gasteiger partial charge in [0, 0.05) is 12.3 Å². The fraction of sp³-hybridized carbons (Fsp3) is 0.550. The summed E-state index contributed by atoms with van der Waals surface area (Å²) in [4.78, 5) is 12.2. The Hall–Kier alpha value is -1.44. The molecule has 0 heterocycles. The Labute approximate surface area is 132 Å². The van der Waals surface area contributed by atoms with E-state index in [1.165, 1.54) is 11.1 Å². The predicted molar refractivity (Wildman–Crippen MR) is 87.4 cm³/mol. The first-order valence-electron chi connectivity index (χ1n) is 8.60. The lowest BCUT2D eigenvalue weighted by atomic mass is 9.81. The molecular formula is C20H25FO. The van der Waals surface area contributed by atoms with E-state index in [4.69, 9.17) is 0 Å². The second-order valence-corrected chi connectivity index (χ2v) is 6.86. The molecule has 0 radical (unpaired) electrons. The maximum absolute atomic E-state index is 15.1. The fourth-order valence-corrected chi connectivity index (χ4v) is 4.05. The van der Waals surface area contributed by atoms with Crippen molar-refractivity contribution in [3.63, 3.8) is 0 Å². The maximum Gasteiger partial charge on any atom is 0.175 e. The number of aryl methyl sites for hydroxylation is 1. The number of benzene rings is 1. The summed E-state index contributed by atoms with van der Waals surface area (Å²) >= 11 is 0. The number of allylic oxidation sites excluding steroid dienone is 2. The summed E-state index contributed by atoms with van der Waals surface area (Å²) in [6.07, 6.45) is 7.55. The molecule has 118 valence electrons. The van der Waals surface area contributed by atoms with E-state index in [2.05, 4.69) is 30.3 Å². The third-order valence-electron chi connectivity index (χ3n) is 5.38. The summed E-state index contributed by atoms with van der Waals surface area (Å²) in [7, 11) is 0.